The molecule has 0 aliphatic carbocycles. The Morgan fingerprint density at radius 2 is 1.73 bits per heavy atom. The van der Waals surface area contributed by atoms with Crippen LogP contribution in [0.1, 0.15) is 18.4 Å². The summed E-state index contributed by atoms with van der Waals surface area (Å²) < 4.78 is 11.2. The van der Waals surface area contributed by atoms with Crippen molar-refractivity contribution in [1.82, 2.24) is 4.90 Å². The van der Waals surface area contributed by atoms with Gasteiger partial charge in [-0.3, -0.25) is 4.90 Å². The molecule has 7 heteroatoms. The molecule has 0 spiro atoms. The number of hydrogen-bond acceptors (Lipinski definition) is 5. The van der Waals surface area contributed by atoms with Crippen LogP contribution in [0.2, 0.25) is 0 Å². The average molecular weight is 412 g/mol. The van der Waals surface area contributed by atoms with E-state index < -0.39 is 0 Å². The second-order valence-electron chi connectivity index (χ2n) is 7.47. The quantitative estimate of drug-likeness (QED) is 0.355. The Labute approximate surface area is 179 Å². The first-order valence-corrected chi connectivity index (χ1v) is 10.5. The number of nitrogens with zero attached hydrogens (tertiary/aromatic N) is 3. The maximum Gasteiger partial charge on any atom is 0.186 e. The van der Waals surface area contributed by atoms with Crippen molar-refractivity contribution in [1.29, 1.82) is 0 Å². The molecular weight excluding hydrogens is 378 g/mol. The van der Waals surface area contributed by atoms with Crippen molar-refractivity contribution in [3.05, 3.63) is 54.1 Å². The lowest BCUT2D eigenvalue weighted by atomic mass is 10.2. The Kier molecular flexibility index (Phi) is 8.20. The maximum absolute atomic E-state index is 5.85. The van der Waals surface area contributed by atoms with E-state index in [2.05, 4.69) is 33.0 Å². The average Bonchev–Trinajstić information content (AvgIpc) is 2.78. The third-order valence-electron chi connectivity index (χ3n) is 5.30. The van der Waals surface area contributed by atoms with Crippen molar-refractivity contribution < 1.29 is 9.47 Å². The van der Waals surface area contributed by atoms with Crippen LogP contribution in [0.5, 0.6) is 11.5 Å². The largest absolute Gasteiger partial charge is 0.497 e. The van der Waals surface area contributed by atoms with E-state index in [1.807, 2.05) is 30.3 Å². The first-order valence-electron chi connectivity index (χ1n) is 10.5. The molecule has 0 unspecified atom stereocenters. The summed E-state index contributed by atoms with van der Waals surface area (Å²) in [6, 6.07) is 16.2. The normalized spacial score (nSPS) is 14.4. The molecule has 0 saturated carbocycles. The highest BCUT2D eigenvalue weighted by molar-refractivity contribution is 5.75. The number of nitrogens with two attached hydrogens (primary N) is 2. The van der Waals surface area contributed by atoms with Crippen LogP contribution in [0.3, 0.4) is 0 Å². The summed E-state index contributed by atoms with van der Waals surface area (Å²) in [6.45, 7) is 6.63. The van der Waals surface area contributed by atoms with Gasteiger partial charge in [-0.05, 0) is 49.2 Å². The highest BCUT2D eigenvalue weighted by atomic mass is 16.5. The zero-order valence-corrected chi connectivity index (χ0v) is 17.8. The van der Waals surface area contributed by atoms with Gasteiger partial charge in [0.2, 0.25) is 0 Å². The van der Waals surface area contributed by atoms with Crippen LogP contribution < -0.4 is 25.8 Å². The fourth-order valence-corrected chi connectivity index (χ4v) is 3.54. The summed E-state index contributed by atoms with van der Waals surface area (Å²) in [5, 5.41) is 0. The number of anilines is 1. The third kappa shape index (κ3) is 6.84. The Morgan fingerprint density at radius 3 is 2.43 bits per heavy atom. The van der Waals surface area contributed by atoms with Gasteiger partial charge in [-0.2, -0.15) is 0 Å². The van der Waals surface area contributed by atoms with Crippen LogP contribution in [-0.2, 0) is 6.54 Å². The molecule has 1 aliphatic heterocycles. The Balaban J connectivity index is 1.30. The zero-order valence-electron chi connectivity index (χ0n) is 17.8. The Morgan fingerprint density at radius 1 is 0.967 bits per heavy atom. The van der Waals surface area contributed by atoms with Crippen LogP contribution in [-0.4, -0.2) is 57.3 Å². The fourth-order valence-electron chi connectivity index (χ4n) is 3.54. The number of rotatable bonds is 10. The number of piperazine rings is 1. The SMILES string of the molecule is COc1cccc(N2CCN(CCCCOc3ccc(CN=C(N)N)cc3)CC2)c1. The topological polar surface area (TPSA) is 89.3 Å². The highest BCUT2D eigenvalue weighted by Crippen LogP contribution is 2.22. The van der Waals surface area contributed by atoms with Crippen molar-refractivity contribution in [2.75, 3.05) is 51.3 Å². The smallest absolute Gasteiger partial charge is 0.186 e. The minimum atomic E-state index is 0.108. The molecule has 1 fully saturated rings. The molecule has 0 radical (unpaired) electrons. The van der Waals surface area contributed by atoms with E-state index in [9.17, 15) is 0 Å². The Hall–Kier alpha value is -2.93. The predicted octanol–water partition coefficient (Wildman–Crippen LogP) is 2.45. The molecule has 0 bridgehead atoms. The van der Waals surface area contributed by atoms with Gasteiger partial charge in [0.1, 0.15) is 11.5 Å². The monoisotopic (exact) mass is 411 g/mol. The third-order valence-corrected chi connectivity index (χ3v) is 5.30. The van der Waals surface area contributed by atoms with Gasteiger partial charge in [0, 0.05) is 37.9 Å². The van der Waals surface area contributed by atoms with Crippen molar-refractivity contribution in [3.63, 3.8) is 0 Å². The van der Waals surface area contributed by atoms with Crippen LogP contribution in [0, 0.1) is 0 Å². The predicted molar refractivity (Wildman–Crippen MR) is 122 cm³/mol. The number of aliphatic imine (C=N–C) groups is 1. The van der Waals surface area contributed by atoms with Gasteiger partial charge in [-0.1, -0.05) is 18.2 Å². The number of ether oxygens (including phenoxy) is 2. The number of unbranched alkanes of at least 4 members (excludes halogenated alkanes) is 1. The summed E-state index contributed by atoms with van der Waals surface area (Å²) in [6.07, 6.45) is 2.19. The molecule has 3 rings (SSSR count). The summed E-state index contributed by atoms with van der Waals surface area (Å²) in [4.78, 5) is 8.97. The first kappa shape index (κ1) is 21.8. The molecular formula is C23H33N5O2. The van der Waals surface area contributed by atoms with Gasteiger partial charge in [-0.25, -0.2) is 4.99 Å². The molecule has 0 atom stereocenters. The van der Waals surface area contributed by atoms with E-state index in [0.29, 0.717) is 6.54 Å². The molecule has 2 aromatic rings. The summed E-state index contributed by atoms with van der Waals surface area (Å²) >= 11 is 0. The summed E-state index contributed by atoms with van der Waals surface area (Å²) in [7, 11) is 1.71. The minimum Gasteiger partial charge on any atom is -0.497 e. The van der Waals surface area contributed by atoms with E-state index in [1.165, 1.54) is 5.69 Å². The second-order valence-corrected chi connectivity index (χ2v) is 7.47. The van der Waals surface area contributed by atoms with Gasteiger partial charge in [0.05, 0.1) is 20.3 Å². The van der Waals surface area contributed by atoms with Gasteiger partial charge in [-0.15, -0.1) is 0 Å². The molecule has 1 aliphatic rings. The second kappa shape index (κ2) is 11.3. The van der Waals surface area contributed by atoms with Crippen LogP contribution >= 0.6 is 0 Å². The number of guanidine groups is 1. The molecule has 1 saturated heterocycles. The highest BCUT2D eigenvalue weighted by Gasteiger charge is 2.17. The summed E-state index contributed by atoms with van der Waals surface area (Å²) in [5.41, 5.74) is 13.0. The molecule has 2 aromatic carbocycles. The molecule has 1 heterocycles. The van der Waals surface area contributed by atoms with Gasteiger partial charge in [0.25, 0.3) is 0 Å². The minimum absolute atomic E-state index is 0.108. The number of benzene rings is 2. The van der Waals surface area contributed by atoms with E-state index in [1.54, 1.807) is 7.11 Å². The lowest BCUT2D eigenvalue weighted by Gasteiger charge is -2.36. The van der Waals surface area contributed by atoms with E-state index in [4.69, 9.17) is 20.9 Å². The van der Waals surface area contributed by atoms with Crippen LogP contribution in [0.25, 0.3) is 0 Å². The van der Waals surface area contributed by atoms with Crippen molar-refractivity contribution in [2.45, 2.75) is 19.4 Å². The number of methoxy groups -OCH3 is 1. The van der Waals surface area contributed by atoms with Crippen molar-refractivity contribution >= 4 is 11.6 Å². The van der Waals surface area contributed by atoms with E-state index >= 15 is 0 Å². The van der Waals surface area contributed by atoms with Crippen molar-refractivity contribution in [2.24, 2.45) is 16.5 Å². The Bertz CT molecular complexity index is 797. The van der Waals surface area contributed by atoms with Gasteiger partial charge >= 0.3 is 0 Å². The first-order chi connectivity index (χ1) is 14.6. The van der Waals surface area contributed by atoms with E-state index in [-0.39, 0.29) is 5.96 Å². The van der Waals surface area contributed by atoms with E-state index in [0.717, 1.165) is 69.2 Å². The van der Waals surface area contributed by atoms with Crippen molar-refractivity contribution in [3.8, 4) is 11.5 Å². The molecule has 30 heavy (non-hydrogen) atoms. The van der Waals surface area contributed by atoms with Gasteiger partial charge in [0.15, 0.2) is 5.96 Å². The van der Waals surface area contributed by atoms with Crippen LogP contribution in [0.15, 0.2) is 53.5 Å². The van der Waals surface area contributed by atoms with Gasteiger partial charge < -0.3 is 25.8 Å². The fraction of sp³-hybridized carbons (Fsp3) is 0.435. The standard InChI is InChI=1S/C23H33N5O2/c1-29-22-6-4-5-20(17-22)28-14-12-27(13-15-28)11-2-3-16-30-21-9-7-19(8-10-21)18-26-23(24)25/h4-10,17H,2-3,11-16,18H2,1H3,(H4,24,25,26). The summed E-state index contributed by atoms with van der Waals surface area (Å²) in [5.74, 6) is 1.91. The lowest BCUT2D eigenvalue weighted by molar-refractivity contribution is 0.238. The maximum atomic E-state index is 5.85. The molecule has 0 aromatic heterocycles. The molecule has 162 valence electrons. The zero-order chi connectivity index (χ0) is 21.2. The lowest BCUT2D eigenvalue weighted by Crippen LogP contribution is -2.46. The number of hydrogen-bond donors (Lipinski definition) is 2. The molecule has 7 nitrogen and oxygen atoms in total. The molecule has 4 N–H and O–H groups in total. The molecule has 0 amide bonds. The van der Waals surface area contributed by atoms with Crippen LogP contribution in [0.4, 0.5) is 5.69 Å².